The van der Waals surface area contributed by atoms with Crippen LogP contribution in [0.4, 0.5) is 0 Å². The van der Waals surface area contributed by atoms with Gasteiger partial charge >= 0.3 is 0 Å². The predicted molar refractivity (Wildman–Crippen MR) is 45.5 cm³/mol. The molecule has 1 nitrogen and oxygen atoms in total. The fraction of sp³-hybridized carbons (Fsp3) is 1.00. The molecule has 1 heterocycles. The first-order valence-corrected chi connectivity index (χ1v) is 4.76. The van der Waals surface area contributed by atoms with Crippen molar-refractivity contribution in [2.75, 3.05) is 6.61 Å². The van der Waals surface area contributed by atoms with E-state index >= 15 is 0 Å². The van der Waals surface area contributed by atoms with E-state index < -0.39 is 0 Å². The van der Waals surface area contributed by atoms with E-state index in [4.69, 9.17) is 4.74 Å². The van der Waals surface area contributed by atoms with Crippen LogP contribution in [0, 0.1) is 5.41 Å². The highest BCUT2D eigenvalue weighted by molar-refractivity contribution is 4.97. The quantitative estimate of drug-likeness (QED) is 0.521. The smallest absolute Gasteiger partial charge is 0.0688 e. The molecule has 1 saturated heterocycles. The maximum Gasteiger partial charge on any atom is 0.0688 e. The van der Waals surface area contributed by atoms with Crippen molar-refractivity contribution in [3.05, 3.63) is 0 Å². The fourth-order valence-corrected chi connectivity index (χ4v) is 2.71. The van der Waals surface area contributed by atoms with Gasteiger partial charge in [0.1, 0.15) is 0 Å². The molecule has 0 bridgehead atoms. The van der Waals surface area contributed by atoms with Crippen LogP contribution in [0.5, 0.6) is 0 Å². The molecule has 1 aliphatic heterocycles. The summed E-state index contributed by atoms with van der Waals surface area (Å²) >= 11 is 0. The minimum absolute atomic E-state index is 0.323. The van der Waals surface area contributed by atoms with Crippen molar-refractivity contribution >= 4 is 0 Å². The van der Waals surface area contributed by atoms with Crippen molar-refractivity contribution in [2.45, 2.75) is 51.6 Å². The number of rotatable bonds is 0. The van der Waals surface area contributed by atoms with Crippen LogP contribution in [0.1, 0.15) is 46.0 Å². The summed E-state index contributed by atoms with van der Waals surface area (Å²) < 4.78 is 5.84. The minimum Gasteiger partial charge on any atom is -0.375 e. The Balaban J connectivity index is 2.07. The van der Waals surface area contributed by atoms with E-state index in [1.165, 1.54) is 32.1 Å². The van der Waals surface area contributed by atoms with Gasteiger partial charge in [-0.1, -0.05) is 13.8 Å². The fourth-order valence-electron chi connectivity index (χ4n) is 2.71. The monoisotopic (exact) mass is 154 g/mol. The molecule has 0 radical (unpaired) electrons. The van der Waals surface area contributed by atoms with Crippen LogP contribution in [0.3, 0.4) is 0 Å². The van der Waals surface area contributed by atoms with Gasteiger partial charge in [-0.05, 0) is 37.5 Å². The Labute approximate surface area is 69.1 Å². The van der Waals surface area contributed by atoms with E-state index in [0.29, 0.717) is 11.0 Å². The first kappa shape index (κ1) is 7.60. The van der Waals surface area contributed by atoms with Crippen molar-refractivity contribution in [2.24, 2.45) is 5.41 Å². The van der Waals surface area contributed by atoms with E-state index in [1.807, 2.05) is 0 Å². The molecule has 1 saturated carbocycles. The van der Waals surface area contributed by atoms with Crippen LogP contribution in [0.15, 0.2) is 0 Å². The third-order valence-corrected chi connectivity index (χ3v) is 3.24. The molecule has 0 amide bonds. The SMILES string of the molecule is CC1(C)CCC2(CCCO2)C1. The second kappa shape index (κ2) is 2.22. The molecule has 0 aromatic heterocycles. The van der Waals surface area contributed by atoms with Gasteiger partial charge in [-0.15, -0.1) is 0 Å². The molecule has 2 aliphatic rings. The second-order valence-electron chi connectivity index (χ2n) is 4.98. The standard InChI is InChI=1S/C10H18O/c1-9(2)5-6-10(8-9)4-3-7-11-10/h3-8H2,1-2H3. The van der Waals surface area contributed by atoms with Crippen LogP contribution in [-0.4, -0.2) is 12.2 Å². The molecule has 1 unspecified atom stereocenters. The summed E-state index contributed by atoms with van der Waals surface area (Å²) in [5, 5.41) is 0. The van der Waals surface area contributed by atoms with Crippen LogP contribution in [0.25, 0.3) is 0 Å². The van der Waals surface area contributed by atoms with Crippen molar-refractivity contribution in [3.8, 4) is 0 Å². The topological polar surface area (TPSA) is 9.23 Å². The van der Waals surface area contributed by atoms with Crippen LogP contribution < -0.4 is 0 Å². The van der Waals surface area contributed by atoms with Gasteiger partial charge in [0, 0.05) is 6.61 Å². The van der Waals surface area contributed by atoms with Gasteiger partial charge in [-0.2, -0.15) is 0 Å². The number of hydrogen-bond acceptors (Lipinski definition) is 1. The average Bonchev–Trinajstić information content (AvgIpc) is 2.43. The lowest BCUT2D eigenvalue weighted by atomic mass is 9.88. The maximum absolute atomic E-state index is 5.84. The van der Waals surface area contributed by atoms with Gasteiger partial charge in [0.15, 0.2) is 0 Å². The van der Waals surface area contributed by atoms with Gasteiger partial charge < -0.3 is 4.74 Å². The molecule has 1 atom stereocenters. The van der Waals surface area contributed by atoms with Gasteiger partial charge in [0.2, 0.25) is 0 Å². The van der Waals surface area contributed by atoms with Gasteiger partial charge in [-0.3, -0.25) is 0 Å². The molecular weight excluding hydrogens is 136 g/mol. The van der Waals surface area contributed by atoms with E-state index in [2.05, 4.69) is 13.8 Å². The molecule has 64 valence electrons. The molecule has 2 rings (SSSR count). The van der Waals surface area contributed by atoms with Gasteiger partial charge in [0.05, 0.1) is 5.60 Å². The molecule has 1 spiro atoms. The summed E-state index contributed by atoms with van der Waals surface area (Å²) in [7, 11) is 0. The summed E-state index contributed by atoms with van der Waals surface area (Å²) in [5.41, 5.74) is 0.869. The second-order valence-corrected chi connectivity index (χ2v) is 4.98. The Hall–Kier alpha value is -0.0400. The third-order valence-electron chi connectivity index (χ3n) is 3.24. The van der Waals surface area contributed by atoms with E-state index in [9.17, 15) is 0 Å². The van der Waals surface area contributed by atoms with Crippen molar-refractivity contribution in [1.29, 1.82) is 0 Å². The van der Waals surface area contributed by atoms with E-state index in [0.717, 1.165) is 6.61 Å². The summed E-state index contributed by atoms with van der Waals surface area (Å²) in [4.78, 5) is 0. The molecular formula is C10H18O. The van der Waals surface area contributed by atoms with Crippen LogP contribution in [-0.2, 0) is 4.74 Å². The Morgan fingerprint density at radius 2 is 1.91 bits per heavy atom. The van der Waals surface area contributed by atoms with Crippen LogP contribution >= 0.6 is 0 Å². The minimum atomic E-state index is 0.323. The first-order valence-electron chi connectivity index (χ1n) is 4.76. The molecule has 2 fully saturated rings. The van der Waals surface area contributed by atoms with Crippen molar-refractivity contribution in [1.82, 2.24) is 0 Å². The summed E-state index contributed by atoms with van der Waals surface area (Å²) in [6.45, 7) is 5.74. The zero-order valence-electron chi connectivity index (χ0n) is 7.65. The molecule has 1 aliphatic carbocycles. The first-order chi connectivity index (χ1) is 5.12. The van der Waals surface area contributed by atoms with Gasteiger partial charge in [-0.25, -0.2) is 0 Å². The lowest BCUT2D eigenvalue weighted by molar-refractivity contribution is 0.00275. The van der Waals surface area contributed by atoms with Gasteiger partial charge in [0.25, 0.3) is 0 Å². The predicted octanol–water partition coefficient (Wildman–Crippen LogP) is 2.75. The Morgan fingerprint density at radius 1 is 1.09 bits per heavy atom. The molecule has 0 N–H and O–H groups in total. The van der Waals surface area contributed by atoms with Crippen molar-refractivity contribution < 1.29 is 4.74 Å². The number of hydrogen-bond donors (Lipinski definition) is 0. The number of ether oxygens (including phenoxy) is 1. The Bertz CT molecular complexity index is 154. The molecule has 0 aromatic rings. The molecule has 1 heteroatoms. The zero-order chi connectivity index (χ0) is 7.95. The normalized spacial score (nSPS) is 42.0. The zero-order valence-corrected chi connectivity index (χ0v) is 7.65. The lowest BCUT2D eigenvalue weighted by Crippen LogP contribution is -2.24. The largest absolute Gasteiger partial charge is 0.375 e. The Kier molecular flexibility index (Phi) is 1.54. The summed E-state index contributed by atoms with van der Waals surface area (Å²) in [5.74, 6) is 0. The van der Waals surface area contributed by atoms with E-state index in [-0.39, 0.29) is 0 Å². The Morgan fingerprint density at radius 3 is 2.36 bits per heavy atom. The highest BCUT2D eigenvalue weighted by Gasteiger charge is 2.45. The maximum atomic E-state index is 5.84. The lowest BCUT2D eigenvalue weighted by Gasteiger charge is -2.24. The third kappa shape index (κ3) is 1.31. The summed E-state index contributed by atoms with van der Waals surface area (Å²) in [6.07, 6.45) is 6.56. The van der Waals surface area contributed by atoms with Crippen LogP contribution in [0.2, 0.25) is 0 Å². The molecule has 0 aromatic carbocycles. The average molecular weight is 154 g/mol. The molecule has 11 heavy (non-hydrogen) atoms. The van der Waals surface area contributed by atoms with E-state index in [1.54, 1.807) is 0 Å². The van der Waals surface area contributed by atoms with Crippen molar-refractivity contribution in [3.63, 3.8) is 0 Å². The highest BCUT2D eigenvalue weighted by atomic mass is 16.5. The summed E-state index contributed by atoms with van der Waals surface area (Å²) in [6, 6.07) is 0. The highest BCUT2D eigenvalue weighted by Crippen LogP contribution is 2.49.